The Morgan fingerprint density at radius 2 is 1.85 bits per heavy atom. The third-order valence-corrected chi connectivity index (χ3v) is 4.89. The smallest absolute Gasteiger partial charge is 0.337 e. The van der Waals surface area contributed by atoms with Gasteiger partial charge in [0.1, 0.15) is 18.0 Å². The first-order valence-corrected chi connectivity index (χ1v) is 8.98. The third-order valence-electron chi connectivity index (χ3n) is 4.89. The van der Waals surface area contributed by atoms with Crippen LogP contribution in [0.5, 0.6) is 0 Å². The number of carbonyl (C=O) groups excluding carboxylic acids is 1. The predicted molar refractivity (Wildman–Crippen MR) is 99.2 cm³/mol. The molecule has 2 aromatic rings. The molecular weight excluding hydrogens is 348 g/mol. The molecular formula is C19H22N4O4. The standard InChI is InChI=1S/C19H22N4O4/c1-25-18(24)14-2-4-15(5-3-14)22-16-12-17(21-13-20-16)23-8-6-19(7-9-23)26-10-11-27-19/h2-5,12-13H,6-11H2,1H3,(H,20,21,22). The van der Waals surface area contributed by atoms with Gasteiger partial charge in [-0.1, -0.05) is 0 Å². The van der Waals surface area contributed by atoms with Gasteiger partial charge in [-0.15, -0.1) is 0 Å². The van der Waals surface area contributed by atoms with Crippen molar-refractivity contribution in [1.29, 1.82) is 0 Å². The molecule has 3 heterocycles. The lowest BCUT2D eigenvalue weighted by Crippen LogP contribution is -2.45. The summed E-state index contributed by atoms with van der Waals surface area (Å²) in [5.74, 6) is 0.807. The van der Waals surface area contributed by atoms with Crippen molar-refractivity contribution in [2.75, 3.05) is 43.6 Å². The second kappa shape index (κ2) is 7.50. The van der Waals surface area contributed by atoms with Crippen LogP contribution in [0.4, 0.5) is 17.3 Å². The van der Waals surface area contributed by atoms with Crippen LogP contribution in [0.25, 0.3) is 0 Å². The number of rotatable bonds is 4. The highest BCUT2D eigenvalue weighted by Gasteiger charge is 2.40. The van der Waals surface area contributed by atoms with E-state index in [1.807, 2.05) is 18.2 Å². The summed E-state index contributed by atoms with van der Waals surface area (Å²) in [5, 5.41) is 3.24. The van der Waals surface area contributed by atoms with Gasteiger partial charge < -0.3 is 24.4 Å². The van der Waals surface area contributed by atoms with Crippen LogP contribution in [0.15, 0.2) is 36.7 Å². The fourth-order valence-corrected chi connectivity index (χ4v) is 3.41. The molecule has 0 saturated carbocycles. The van der Waals surface area contributed by atoms with Gasteiger partial charge in [-0.3, -0.25) is 0 Å². The topological polar surface area (TPSA) is 85.8 Å². The van der Waals surface area contributed by atoms with Crippen molar-refractivity contribution in [2.24, 2.45) is 0 Å². The molecule has 27 heavy (non-hydrogen) atoms. The van der Waals surface area contributed by atoms with Gasteiger partial charge in [-0.2, -0.15) is 0 Å². The van der Waals surface area contributed by atoms with Gasteiger partial charge in [0, 0.05) is 37.7 Å². The van der Waals surface area contributed by atoms with Gasteiger partial charge >= 0.3 is 5.97 Å². The molecule has 0 amide bonds. The van der Waals surface area contributed by atoms with Gasteiger partial charge in [0.25, 0.3) is 0 Å². The largest absolute Gasteiger partial charge is 0.465 e. The van der Waals surface area contributed by atoms with E-state index in [2.05, 4.69) is 20.2 Å². The number of ether oxygens (including phenoxy) is 3. The van der Waals surface area contributed by atoms with E-state index in [0.29, 0.717) is 24.6 Å². The summed E-state index contributed by atoms with van der Waals surface area (Å²) in [4.78, 5) is 22.4. The lowest BCUT2D eigenvalue weighted by atomic mass is 10.0. The van der Waals surface area contributed by atoms with Crippen LogP contribution in [-0.2, 0) is 14.2 Å². The molecule has 2 fully saturated rings. The predicted octanol–water partition coefficient (Wildman–Crippen LogP) is 2.35. The van der Waals surface area contributed by atoms with Gasteiger partial charge in [0.2, 0.25) is 0 Å². The molecule has 0 radical (unpaired) electrons. The number of hydrogen-bond donors (Lipinski definition) is 1. The fourth-order valence-electron chi connectivity index (χ4n) is 3.41. The van der Waals surface area contributed by atoms with Gasteiger partial charge in [0.05, 0.1) is 25.9 Å². The second-order valence-corrected chi connectivity index (χ2v) is 6.55. The van der Waals surface area contributed by atoms with Crippen molar-refractivity contribution < 1.29 is 19.0 Å². The Morgan fingerprint density at radius 1 is 1.15 bits per heavy atom. The number of methoxy groups -OCH3 is 1. The molecule has 0 bridgehead atoms. The average Bonchev–Trinajstić information content (AvgIpc) is 3.17. The van der Waals surface area contributed by atoms with Gasteiger partial charge in [-0.25, -0.2) is 14.8 Å². The van der Waals surface area contributed by atoms with E-state index in [1.165, 1.54) is 7.11 Å². The van der Waals surface area contributed by atoms with Crippen molar-refractivity contribution >= 4 is 23.3 Å². The second-order valence-electron chi connectivity index (χ2n) is 6.55. The lowest BCUT2D eigenvalue weighted by Gasteiger charge is -2.38. The Morgan fingerprint density at radius 3 is 2.52 bits per heavy atom. The van der Waals surface area contributed by atoms with Crippen LogP contribution in [0, 0.1) is 0 Å². The lowest BCUT2D eigenvalue weighted by molar-refractivity contribution is -0.169. The Hall–Kier alpha value is -2.71. The van der Waals surface area contributed by atoms with Crippen LogP contribution < -0.4 is 10.2 Å². The maximum Gasteiger partial charge on any atom is 0.337 e. The Labute approximate surface area is 157 Å². The Balaban J connectivity index is 1.41. The molecule has 1 aromatic carbocycles. The summed E-state index contributed by atoms with van der Waals surface area (Å²) in [7, 11) is 1.37. The molecule has 8 nitrogen and oxygen atoms in total. The van der Waals surface area contributed by atoms with E-state index < -0.39 is 5.79 Å². The highest BCUT2D eigenvalue weighted by Crippen LogP contribution is 2.33. The van der Waals surface area contributed by atoms with Crippen molar-refractivity contribution in [3.8, 4) is 0 Å². The Kier molecular flexibility index (Phi) is 4.91. The minimum atomic E-state index is -0.397. The average molecular weight is 370 g/mol. The summed E-state index contributed by atoms with van der Waals surface area (Å²) >= 11 is 0. The first-order chi connectivity index (χ1) is 13.2. The van der Waals surface area contributed by atoms with E-state index in [0.717, 1.165) is 37.4 Å². The SMILES string of the molecule is COC(=O)c1ccc(Nc2cc(N3CCC4(CC3)OCCO4)ncn2)cc1. The van der Waals surface area contributed by atoms with E-state index in [4.69, 9.17) is 14.2 Å². The number of aromatic nitrogens is 2. The highest BCUT2D eigenvalue weighted by molar-refractivity contribution is 5.89. The van der Waals surface area contributed by atoms with Crippen molar-refractivity contribution in [1.82, 2.24) is 9.97 Å². The molecule has 2 aliphatic rings. The first kappa shape index (κ1) is 17.7. The van der Waals surface area contributed by atoms with Crippen LogP contribution in [-0.4, -0.2) is 55.1 Å². The fraction of sp³-hybridized carbons (Fsp3) is 0.421. The number of nitrogens with zero attached hydrogens (tertiary/aromatic N) is 3. The quantitative estimate of drug-likeness (QED) is 0.821. The number of esters is 1. The number of benzene rings is 1. The Bertz CT molecular complexity index is 796. The summed E-state index contributed by atoms with van der Waals surface area (Å²) < 4.78 is 16.3. The zero-order valence-corrected chi connectivity index (χ0v) is 15.2. The highest BCUT2D eigenvalue weighted by atomic mass is 16.7. The van der Waals surface area contributed by atoms with E-state index in [-0.39, 0.29) is 5.97 Å². The molecule has 2 saturated heterocycles. The third kappa shape index (κ3) is 3.86. The monoisotopic (exact) mass is 370 g/mol. The molecule has 0 unspecified atom stereocenters. The molecule has 8 heteroatoms. The number of carbonyl (C=O) groups is 1. The zero-order valence-electron chi connectivity index (χ0n) is 15.2. The van der Waals surface area contributed by atoms with Crippen molar-refractivity contribution in [3.05, 3.63) is 42.2 Å². The molecule has 1 N–H and O–H groups in total. The molecule has 4 rings (SSSR count). The molecule has 1 aromatic heterocycles. The van der Waals surface area contributed by atoms with Gasteiger partial charge in [0.15, 0.2) is 5.79 Å². The molecule has 1 spiro atoms. The number of anilines is 3. The minimum Gasteiger partial charge on any atom is -0.465 e. The van der Waals surface area contributed by atoms with E-state index >= 15 is 0 Å². The van der Waals surface area contributed by atoms with E-state index in [9.17, 15) is 4.79 Å². The zero-order chi connectivity index (χ0) is 18.7. The van der Waals surface area contributed by atoms with Crippen LogP contribution in [0.2, 0.25) is 0 Å². The summed E-state index contributed by atoms with van der Waals surface area (Å²) in [6.07, 6.45) is 3.21. The molecule has 0 aliphatic carbocycles. The van der Waals surface area contributed by atoms with Crippen LogP contribution in [0.3, 0.4) is 0 Å². The first-order valence-electron chi connectivity index (χ1n) is 8.98. The van der Waals surface area contributed by atoms with Crippen LogP contribution in [0.1, 0.15) is 23.2 Å². The molecule has 0 atom stereocenters. The van der Waals surface area contributed by atoms with Crippen molar-refractivity contribution in [2.45, 2.75) is 18.6 Å². The molecule has 142 valence electrons. The normalized spacial score (nSPS) is 18.5. The summed E-state index contributed by atoms with van der Waals surface area (Å²) in [5.41, 5.74) is 1.34. The number of nitrogens with one attached hydrogen (secondary N) is 1. The number of piperidine rings is 1. The van der Waals surface area contributed by atoms with E-state index in [1.54, 1.807) is 18.5 Å². The summed E-state index contributed by atoms with van der Waals surface area (Å²) in [6, 6.07) is 8.97. The molecule has 2 aliphatic heterocycles. The van der Waals surface area contributed by atoms with Crippen LogP contribution >= 0.6 is 0 Å². The maximum absolute atomic E-state index is 11.5. The summed E-state index contributed by atoms with van der Waals surface area (Å²) in [6.45, 7) is 3.00. The van der Waals surface area contributed by atoms with Gasteiger partial charge in [-0.05, 0) is 24.3 Å². The maximum atomic E-state index is 11.5. The minimum absolute atomic E-state index is 0.357. The van der Waals surface area contributed by atoms with Crippen molar-refractivity contribution in [3.63, 3.8) is 0 Å². The number of hydrogen-bond acceptors (Lipinski definition) is 8.